The van der Waals surface area contributed by atoms with Crippen molar-refractivity contribution in [1.82, 2.24) is 0 Å². The highest BCUT2D eigenvalue weighted by molar-refractivity contribution is 6.30. The van der Waals surface area contributed by atoms with Crippen molar-refractivity contribution in [2.24, 2.45) is 0 Å². The minimum Gasteiger partial charge on any atom is -0.479 e. The molecule has 1 N–H and O–H groups in total. The van der Waals surface area contributed by atoms with E-state index in [1.807, 2.05) is 0 Å². The van der Waals surface area contributed by atoms with Gasteiger partial charge in [-0.1, -0.05) is 29.8 Å². The lowest BCUT2D eigenvalue weighted by Gasteiger charge is -2.39. The molecule has 5 nitrogen and oxygen atoms in total. The van der Waals surface area contributed by atoms with Crippen LogP contribution in [0.25, 0.3) is 0 Å². The largest absolute Gasteiger partial charge is 0.479 e. The first kappa shape index (κ1) is 16.4. The second kappa shape index (κ2) is 6.59. The Labute approximate surface area is 142 Å². The number of carbonyl (C=O) groups excluding carboxylic acids is 1. The number of rotatable bonds is 3. The maximum absolute atomic E-state index is 13.6. The molecular weight excluding hydrogens is 337 g/mol. The van der Waals surface area contributed by atoms with Gasteiger partial charge in [-0.25, -0.2) is 9.18 Å². The number of aliphatic carboxylic acids is 1. The number of morpholine rings is 1. The molecule has 0 bridgehead atoms. The monoisotopic (exact) mass is 349 g/mol. The van der Waals surface area contributed by atoms with Gasteiger partial charge in [0.05, 0.1) is 6.04 Å². The summed E-state index contributed by atoms with van der Waals surface area (Å²) in [6, 6.07) is 10.9. The normalized spacial score (nSPS) is 20.9. The molecule has 0 aromatic heterocycles. The van der Waals surface area contributed by atoms with Gasteiger partial charge in [0, 0.05) is 10.7 Å². The van der Waals surface area contributed by atoms with Gasteiger partial charge >= 0.3 is 5.97 Å². The molecule has 1 heterocycles. The van der Waals surface area contributed by atoms with E-state index in [2.05, 4.69) is 0 Å². The summed E-state index contributed by atoms with van der Waals surface area (Å²) >= 11 is 5.98. The van der Waals surface area contributed by atoms with E-state index in [1.165, 1.54) is 23.1 Å². The van der Waals surface area contributed by atoms with Gasteiger partial charge < -0.3 is 9.84 Å². The Morgan fingerprint density at radius 1 is 1.25 bits per heavy atom. The van der Waals surface area contributed by atoms with Crippen LogP contribution in [0.2, 0.25) is 5.02 Å². The minimum absolute atomic E-state index is 0.329. The summed E-state index contributed by atoms with van der Waals surface area (Å²) in [7, 11) is 0. The van der Waals surface area contributed by atoms with E-state index >= 15 is 0 Å². The molecule has 24 heavy (non-hydrogen) atoms. The van der Waals surface area contributed by atoms with Gasteiger partial charge in [-0.05, 0) is 35.9 Å². The van der Waals surface area contributed by atoms with Gasteiger partial charge in [0.25, 0.3) is 5.91 Å². The van der Waals surface area contributed by atoms with Gasteiger partial charge in [-0.15, -0.1) is 0 Å². The molecule has 124 valence electrons. The Balaban J connectivity index is 2.14. The van der Waals surface area contributed by atoms with Crippen LogP contribution in [0.3, 0.4) is 0 Å². The number of carbonyl (C=O) groups is 2. The smallest absolute Gasteiger partial charge is 0.335 e. The summed E-state index contributed by atoms with van der Waals surface area (Å²) in [6.45, 7) is -0.380. The van der Waals surface area contributed by atoms with Crippen LogP contribution in [0.4, 0.5) is 10.1 Å². The summed E-state index contributed by atoms with van der Waals surface area (Å²) < 4.78 is 18.8. The van der Waals surface area contributed by atoms with E-state index in [9.17, 15) is 19.1 Å². The van der Waals surface area contributed by atoms with Crippen molar-refractivity contribution >= 4 is 29.2 Å². The number of halogens is 2. The van der Waals surface area contributed by atoms with Gasteiger partial charge in [0.15, 0.2) is 6.10 Å². The topological polar surface area (TPSA) is 66.8 Å². The first-order valence-electron chi connectivity index (χ1n) is 7.15. The minimum atomic E-state index is -1.32. The molecule has 3 rings (SSSR count). The van der Waals surface area contributed by atoms with Gasteiger partial charge in [0.2, 0.25) is 0 Å². The number of anilines is 1. The molecule has 1 fully saturated rings. The highest BCUT2D eigenvalue weighted by Crippen LogP contribution is 2.35. The van der Waals surface area contributed by atoms with Crippen molar-refractivity contribution in [3.63, 3.8) is 0 Å². The van der Waals surface area contributed by atoms with Crippen LogP contribution in [0.1, 0.15) is 11.6 Å². The van der Waals surface area contributed by atoms with Crippen molar-refractivity contribution in [3.05, 3.63) is 64.9 Å². The van der Waals surface area contributed by atoms with E-state index in [4.69, 9.17) is 16.3 Å². The number of carboxylic acid groups (broad SMARTS) is 1. The number of hydrogen-bond donors (Lipinski definition) is 1. The molecule has 2 aromatic rings. The third-order valence-electron chi connectivity index (χ3n) is 3.74. The SMILES string of the molecule is O=C(O)C1OCC(=O)N(c2cccc(Cl)c2)C1c1cccc(F)c1. The maximum atomic E-state index is 13.6. The van der Waals surface area contributed by atoms with E-state index in [0.29, 0.717) is 16.3 Å². The molecule has 1 aliphatic rings. The van der Waals surface area contributed by atoms with Crippen LogP contribution in [0, 0.1) is 5.82 Å². The first-order chi connectivity index (χ1) is 11.5. The van der Waals surface area contributed by atoms with Gasteiger partial charge in [-0.3, -0.25) is 9.69 Å². The molecule has 7 heteroatoms. The Hall–Kier alpha value is -2.44. The summed E-state index contributed by atoms with van der Waals surface area (Å²) in [6.07, 6.45) is -1.32. The quantitative estimate of drug-likeness (QED) is 0.925. The molecule has 0 saturated carbocycles. The number of benzene rings is 2. The second-order valence-corrected chi connectivity index (χ2v) is 5.75. The van der Waals surface area contributed by atoms with Crippen LogP contribution in [0.15, 0.2) is 48.5 Å². The molecule has 1 aliphatic heterocycles. The van der Waals surface area contributed by atoms with Crippen LogP contribution in [-0.2, 0) is 14.3 Å². The lowest BCUT2D eigenvalue weighted by atomic mass is 9.97. The van der Waals surface area contributed by atoms with Crippen molar-refractivity contribution in [2.45, 2.75) is 12.1 Å². The molecule has 0 radical (unpaired) electrons. The first-order valence-corrected chi connectivity index (χ1v) is 7.52. The Bertz CT molecular complexity index is 798. The van der Waals surface area contributed by atoms with Crippen molar-refractivity contribution in [1.29, 1.82) is 0 Å². The fourth-order valence-electron chi connectivity index (χ4n) is 2.76. The van der Waals surface area contributed by atoms with Crippen LogP contribution >= 0.6 is 11.6 Å². The second-order valence-electron chi connectivity index (χ2n) is 5.31. The molecule has 1 amide bonds. The molecule has 0 spiro atoms. The molecule has 2 atom stereocenters. The number of hydrogen-bond acceptors (Lipinski definition) is 3. The number of amides is 1. The fourth-order valence-corrected chi connectivity index (χ4v) is 2.95. The molecule has 1 saturated heterocycles. The Kier molecular flexibility index (Phi) is 4.51. The molecule has 2 aromatic carbocycles. The third-order valence-corrected chi connectivity index (χ3v) is 3.98. The average molecular weight is 350 g/mol. The zero-order valence-corrected chi connectivity index (χ0v) is 13.1. The van der Waals surface area contributed by atoms with Gasteiger partial charge in [-0.2, -0.15) is 0 Å². The number of nitrogens with zero attached hydrogens (tertiary/aromatic N) is 1. The molecule has 2 unspecified atom stereocenters. The van der Waals surface area contributed by atoms with Crippen LogP contribution in [0.5, 0.6) is 0 Å². The van der Waals surface area contributed by atoms with Crippen molar-refractivity contribution in [3.8, 4) is 0 Å². The maximum Gasteiger partial charge on any atom is 0.335 e. The Morgan fingerprint density at radius 3 is 2.67 bits per heavy atom. The molecule has 0 aliphatic carbocycles. The van der Waals surface area contributed by atoms with Crippen LogP contribution in [-0.4, -0.2) is 29.7 Å². The lowest BCUT2D eigenvalue weighted by Crippen LogP contribution is -2.52. The number of ether oxygens (including phenoxy) is 1. The predicted octanol–water partition coefficient (Wildman–Crippen LogP) is 3.04. The predicted molar refractivity (Wildman–Crippen MR) is 85.5 cm³/mol. The van der Waals surface area contributed by atoms with E-state index in [-0.39, 0.29) is 6.61 Å². The van der Waals surface area contributed by atoms with E-state index in [0.717, 1.165) is 0 Å². The average Bonchev–Trinajstić information content (AvgIpc) is 2.54. The fraction of sp³-hybridized carbons (Fsp3) is 0.176. The highest BCUT2D eigenvalue weighted by atomic mass is 35.5. The summed E-state index contributed by atoms with van der Waals surface area (Å²) in [4.78, 5) is 25.3. The van der Waals surface area contributed by atoms with Crippen molar-refractivity contribution in [2.75, 3.05) is 11.5 Å². The molecular formula is C17H13ClFNO4. The van der Waals surface area contributed by atoms with E-state index < -0.39 is 29.8 Å². The number of carboxylic acids is 1. The van der Waals surface area contributed by atoms with Crippen molar-refractivity contribution < 1.29 is 23.8 Å². The highest BCUT2D eigenvalue weighted by Gasteiger charge is 2.42. The zero-order valence-electron chi connectivity index (χ0n) is 12.4. The standard InChI is InChI=1S/C17H13ClFNO4/c18-11-4-2-6-13(8-11)20-14(21)9-24-16(17(22)23)15(20)10-3-1-5-12(19)7-10/h1-8,15-16H,9H2,(H,22,23). The summed E-state index contributed by atoms with van der Waals surface area (Å²) in [5, 5.41) is 9.86. The van der Waals surface area contributed by atoms with E-state index in [1.54, 1.807) is 30.3 Å². The Morgan fingerprint density at radius 2 is 2.00 bits per heavy atom. The zero-order chi connectivity index (χ0) is 17.3. The summed E-state index contributed by atoms with van der Waals surface area (Å²) in [5.74, 6) is -2.19. The van der Waals surface area contributed by atoms with Crippen LogP contribution < -0.4 is 4.90 Å². The van der Waals surface area contributed by atoms with Gasteiger partial charge in [0.1, 0.15) is 12.4 Å². The lowest BCUT2D eigenvalue weighted by molar-refractivity contribution is -0.157. The summed E-state index contributed by atoms with van der Waals surface area (Å²) in [5.41, 5.74) is 0.756. The third kappa shape index (κ3) is 3.11.